The van der Waals surface area contributed by atoms with Gasteiger partial charge in [0.15, 0.2) is 17.5 Å². The lowest BCUT2D eigenvalue weighted by Gasteiger charge is -2.28. The first-order valence-electron chi connectivity index (χ1n) is 11.8. The van der Waals surface area contributed by atoms with Crippen LogP contribution in [0.4, 0.5) is 18.9 Å². The van der Waals surface area contributed by atoms with E-state index in [1.807, 2.05) is 25.1 Å². The van der Waals surface area contributed by atoms with Gasteiger partial charge in [-0.1, -0.05) is 54.1 Å². The molecular formula is C29H24F3N3O2. The number of nitrogens with zero attached hydrogens (tertiary/aromatic N) is 2. The Morgan fingerprint density at radius 1 is 0.919 bits per heavy atom. The molecule has 0 atom stereocenters. The minimum atomic E-state index is -1.73. The van der Waals surface area contributed by atoms with Crippen molar-refractivity contribution < 1.29 is 22.8 Å². The topological polar surface area (TPSA) is 54.3 Å². The summed E-state index contributed by atoms with van der Waals surface area (Å²) in [6, 6.07) is 16.9. The summed E-state index contributed by atoms with van der Waals surface area (Å²) in [4.78, 5) is 28.1. The molecule has 0 unspecified atom stereocenters. The molecule has 2 heterocycles. The van der Waals surface area contributed by atoms with Crippen molar-refractivity contribution in [2.24, 2.45) is 7.05 Å². The van der Waals surface area contributed by atoms with Gasteiger partial charge < -0.3 is 14.8 Å². The van der Waals surface area contributed by atoms with E-state index in [9.17, 15) is 22.8 Å². The number of rotatable bonds is 4. The Morgan fingerprint density at radius 2 is 1.62 bits per heavy atom. The van der Waals surface area contributed by atoms with Crippen molar-refractivity contribution >= 4 is 17.5 Å². The number of nitrogens with one attached hydrogen (secondary N) is 1. The molecule has 188 valence electrons. The molecule has 1 aliphatic heterocycles. The van der Waals surface area contributed by atoms with Crippen LogP contribution in [0.2, 0.25) is 0 Å². The predicted octanol–water partition coefficient (Wildman–Crippen LogP) is 5.87. The van der Waals surface area contributed by atoms with Crippen molar-refractivity contribution in [2.75, 3.05) is 11.9 Å². The number of hydrogen-bond acceptors (Lipinski definition) is 2. The summed E-state index contributed by atoms with van der Waals surface area (Å²) in [5.41, 5.74) is 3.44. The predicted molar refractivity (Wildman–Crippen MR) is 135 cm³/mol. The zero-order chi connectivity index (χ0) is 26.3. The number of aryl methyl sites for hydroxylation is 2. The molecule has 37 heavy (non-hydrogen) atoms. The summed E-state index contributed by atoms with van der Waals surface area (Å²) in [5, 5.41) is 2.54. The maximum Gasteiger partial charge on any atom is 0.270 e. The van der Waals surface area contributed by atoms with Gasteiger partial charge in [-0.05, 0) is 42.2 Å². The third-order valence-electron chi connectivity index (χ3n) is 6.65. The Balaban J connectivity index is 1.42. The molecule has 0 saturated carbocycles. The second-order valence-electron chi connectivity index (χ2n) is 9.20. The Morgan fingerprint density at radius 3 is 2.35 bits per heavy atom. The van der Waals surface area contributed by atoms with Gasteiger partial charge >= 0.3 is 0 Å². The number of hydrogen-bond donors (Lipinski definition) is 1. The van der Waals surface area contributed by atoms with Crippen LogP contribution in [-0.2, 0) is 20.0 Å². The number of fused-ring (bicyclic) bond motifs is 1. The molecule has 0 spiro atoms. The van der Waals surface area contributed by atoms with Crippen molar-refractivity contribution in [2.45, 2.75) is 19.9 Å². The highest BCUT2D eigenvalue weighted by Gasteiger charge is 2.27. The first kappa shape index (κ1) is 24.4. The Kier molecular flexibility index (Phi) is 6.33. The number of amides is 2. The van der Waals surface area contributed by atoms with E-state index < -0.39 is 28.9 Å². The van der Waals surface area contributed by atoms with E-state index in [4.69, 9.17) is 0 Å². The fourth-order valence-corrected chi connectivity index (χ4v) is 4.65. The van der Waals surface area contributed by atoms with E-state index in [-0.39, 0.29) is 17.2 Å². The summed E-state index contributed by atoms with van der Waals surface area (Å²) < 4.78 is 44.7. The zero-order valence-corrected chi connectivity index (χ0v) is 20.3. The second kappa shape index (κ2) is 9.61. The average molecular weight is 504 g/mol. The highest BCUT2D eigenvalue weighted by Crippen LogP contribution is 2.31. The third-order valence-corrected chi connectivity index (χ3v) is 6.65. The van der Waals surface area contributed by atoms with Crippen LogP contribution in [0.5, 0.6) is 0 Å². The molecule has 8 heteroatoms. The molecule has 0 aliphatic carbocycles. The summed E-state index contributed by atoms with van der Waals surface area (Å²) in [5.74, 6) is -5.86. The van der Waals surface area contributed by atoms with Gasteiger partial charge in [-0.3, -0.25) is 9.59 Å². The van der Waals surface area contributed by atoms with Crippen molar-refractivity contribution in [3.63, 3.8) is 0 Å². The summed E-state index contributed by atoms with van der Waals surface area (Å²) in [6.07, 6.45) is 2.26. The standard InChI is InChI=1S/C29H24F3N3O2/c1-17-7-9-19(10-8-17)22-14-23(30)26(31)27(32)25(22)28(36)33-21-13-24(34(2)16-21)29(37)35-12-11-18-5-3-4-6-20(18)15-35/h3-10,13-14,16H,11-12,15H2,1-2H3,(H,33,36). The molecule has 0 bridgehead atoms. The SMILES string of the molecule is Cc1ccc(-c2cc(F)c(F)c(F)c2C(=O)Nc2cc(C(=O)N3CCc4ccccc4C3)n(C)c2)cc1. The molecule has 1 aliphatic rings. The monoisotopic (exact) mass is 503 g/mol. The van der Waals surface area contributed by atoms with E-state index >= 15 is 0 Å². The molecule has 0 fully saturated rings. The number of carbonyl (C=O) groups excluding carboxylic acids is 2. The molecule has 1 N–H and O–H groups in total. The van der Waals surface area contributed by atoms with Crippen LogP contribution < -0.4 is 5.32 Å². The Labute approximate surface area is 212 Å². The summed E-state index contributed by atoms with van der Waals surface area (Å²) in [6.45, 7) is 2.88. The third kappa shape index (κ3) is 4.62. The van der Waals surface area contributed by atoms with Gasteiger partial charge in [-0.15, -0.1) is 0 Å². The fourth-order valence-electron chi connectivity index (χ4n) is 4.65. The number of anilines is 1. The molecule has 2 amide bonds. The molecule has 0 saturated heterocycles. The zero-order valence-electron chi connectivity index (χ0n) is 20.3. The molecule has 3 aromatic carbocycles. The van der Waals surface area contributed by atoms with Gasteiger partial charge in [-0.2, -0.15) is 0 Å². The summed E-state index contributed by atoms with van der Waals surface area (Å²) in [7, 11) is 1.66. The molecule has 4 aromatic rings. The van der Waals surface area contributed by atoms with Gasteiger partial charge in [0, 0.05) is 31.9 Å². The highest BCUT2D eigenvalue weighted by atomic mass is 19.2. The number of aromatic nitrogens is 1. The van der Waals surface area contributed by atoms with E-state index in [1.165, 1.54) is 17.8 Å². The van der Waals surface area contributed by atoms with Crippen LogP contribution in [0.15, 0.2) is 66.9 Å². The van der Waals surface area contributed by atoms with E-state index in [2.05, 4.69) is 11.4 Å². The quantitative estimate of drug-likeness (QED) is 0.354. The average Bonchev–Trinajstić information content (AvgIpc) is 3.26. The summed E-state index contributed by atoms with van der Waals surface area (Å²) >= 11 is 0. The van der Waals surface area contributed by atoms with Crippen LogP contribution in [0.1, 0.15) is 37.5 Å². The molecule has 5 nitrogen and oxygen atoms in total. The lowest BCUT2D eigenvalue weighted by atomic mass is 9.97. The van der Waals surface area contributed by atoms with Crippen LogP contribution in [0.3, 0.4) is 0 Å². The van der Waals surface area contributed by atoms with Gasteiger partial charge in [0.05, 0.1) is 11.3 Å². The van der Waals surface area contributed by atoms with Crippen molar-refractivity contribution in [3.05, 3.63) is 112 Å². The second-order valence-corrected chi connectivity index (χ2v) is 9.20. The van der Waals surface area contributed by atoms with Gasteiger partial charge in [-0.25, -0.2) is 13.2 Å². The normalized spacial score (nSPS) is 12.8. The largest absolute Gasteiger partial charge is 0.344 e. The van der Waals surface area contributed by atoms with Gasteiger partial charge in [0.1, 0.15) is 5.69 Å². The van der Waals surface area contributed by atoms with Crippen LogP contribution in [0, 0.1) is 24.4 Å². The van der Waals surface area contributed by atoms with Gasteiger partial charge in [0.2, 0.25) is 0 Å². The first-order valence-corrected chi connectivity index (χ1v) is 11.8. The van der Waals surface area contributed by atoms with E-state index in [0.717, 1.165) is 23.6 Å². The Bertz CT molecular complexity index is 1530. The molecule has 5 rings (SSSR count). The molecular weight excluding hydrogens is 479 g/mol. The first-order chi connectivity index (χ1) is 17.7. The molecule has 0 radical (unpaired) electrons. The van der Waals surface area contributed by atoms with Crippen LogP contribution in [-0.4, -0.2) is 27.8 Å². The van der Waals surface area contributed by atoms with Crippen molar-refractivity contribution in [3.8, 4) is 11.1 Å². The van der Waals surface area contributed by atoms with Crippen molar-refractivity contribution in [1.82, 2.24) is 9.47 Å². The maximum atomic E-state index is 14.9. The van der Waals surface area contributed by atoms with E-state index in [1.54, 1.807) is 40.8 Å². The highest BCUT2D eigenvalue weighted by molar-refractivity contribution is 6.09. The van der Waals surface area contributed by atoms with Gasteiger partial charge in [0.25, 0.3) is 11.8 Å². The number of carbonyl (C=O) groups is 2. The van der Waals surface area contributed by atoms with Crippen molar-refractivity contribution in [1.29, 1.82) is 0 Å². The minimum Gasteiger partial charge on any atom is -0.344 e. The smallest absolute Gasteiger partial charge is 0.270 e. The number of halogens is 3. The lowest BCUT2D eigenvalue weighted by molar-refractivity contribution is 0.0725. The fraction of sp³-hybridized carbons (Fsp3) is 0.172. The van der Waals surface area contributed by atoms with Crippen LogP contribution >= 0.6 is 0 Å². The maximum absolute atomic E-state index is 14.9. The van der Waals surface area contributed by atoms with E-state index in [0.29, 0.717) is 24.3 Å². The molecule has 1 aromatic heterocycles. The minimum absolute atomic E-state index is 0.0758. The lowest BCUT2D eigenvalue weighted by Crippen LogP contribution is -2.36. The van der Waals surface area contributed by atoms with Crippen LogP contribution in [0.25, 0.3) is 11.1 Å². The number of benzene rings is 3. The Hall–Kier alpha value is -4.33.